The average Bonchev–Trinajstić information content (AvgIpc) is 3.15. The van der Waals surface area contributed by atoms with E-state index in [4.69, 9.17) is 14.2 Å². The van der Waals surface area contributed by atoms with E-state index in [9.17, 15) is 14.4 Å². The van der Waals surface area contributed by atoms with Gasteiger partial charge in [-0.05, 0) is 37.0 Å². The Morgan fingerprint density at radius 3 is 0.768 bits per heavy atom. The first-order chi connectivity index (χ1) is 27.1. The van der Waals surface area contributed by atoms with Gasteiger partial charge in [-0.15, -0.1) is 0 Å². The Labute approximate surface area is 348 Å². The Kier molecular flexibility index (Phi) is 40.4. The van der Waals surface area contributed by atoms with E-state index in [-0.39, 0.29) is 31.1 Å². The van der Waals surface area contributed by atoms with Crippen LogP contribution in [0, 0.1) is 17.8 Å². The molecule has 0 bridgehead atoms. The van der Waals surface area contributed by atoms with Crippen molar-refractivity contribution < 1.29 is 28.6 Å². The van der Waals surface area contributed by atoms with E-state index in [2.05, 4.69) is 41.5 Å². The average molecular weight is 793 g/mol. The van der Waals surface area contributed by atoms with E-state index in [1.165, 1.54) is 148 Å². The molecular weight excluding hydrogens is 697 g/mol. The molecule has 0 aromatic rings. The molecule has 0 aliphatic rings. The van der Waals surface area contributed by atoms with Gasteiger partial charge in [0, 0.05) is 19.3 Å². The lowest BCUT2D eigenvalue weighted by Gasteiger charge is -2.18. The quantitative estimate of drug-likeness (QED) is 0.0348. The van der Waals surface area contributed by atoms with Crippen LogP contribution in [-0.2, 0) is 28.6 Å². The molecular formula is C50H96O6. The van der Waals surface area contributed by atoms with Crippen LogP contribution in [0.2, 0.25) is 0 Å². The zero-order valence-electron chi connectivity index (χ0n) is 38.4. The molecule has 0 fully saturated rings. The molecule has 6 nitrogen and oxygen atoms in total. The number of carbonyl (C=O) groups is 3. The maximum Gasteiger partial charge on any atom is 0.306 e. The summed E-state index contributed by atoms with van der Waals surface area (Å²) >= 11 is 0. The Bertz CT molecular complexity index is 868. The van der Waals surface area contributed by atoms with Gasteiger partial charge in [0.25, 0.3) is 0 Å². The maximum atomic E-state index is 12.7. The van der Waals surface area contributed by atoms with E-state index in [1.54, 1.807) is 0 Å². The van der Waals surface area contributed by atoms with Gasteiger partial charge in [-0.2, -0.15) is 0 Å². The summed E-state index contributed by atoms with van der Waals surface area (Å²) < 4.78 is 16.7. The van der Waals surface area contributed by atoms with Crippen LogP contribution in [0.3, 0.4) is 0 Å². The summed E-state index contributed by atoms with van der Waals surface area (Å²) in [6.45, 7) is 13.6. The number of rotatable bonds is 43. The highest BCUT2D eigenvalue weighted by Crippen LogP contribution is 2.17. The number of esters is 3. The lowest BCUT2D eigenvalue weighted by Crippen LogP contribution is -2.30. The summed E-state index contributed by atoms with van der Waals surface area (Å²) in [6, 6.07) is 0. The first-order valence-corrected chi connectivity index (χ1v) is 24.6. The molecule has 0 heterocycles. The van der Waals surface area contributed by atoms with Crippen LogP contribution in [0.25, 0.3) is 0 Å². The van der Waals surface area contributed by atoms with E-state index < -0.39 is 6.10 Å². The standard InChI is InChI=1S/C50H96O6/c1-44(2)36-30-24-18-13-11-9-7-8-10-12-14-21-27-33-39-48(51)54-42-47(56-50(53)41-35-29-23-17-20-26-32-38-46(5)6)43-55-49(52)40-34-28-22-16-15-19-25-31-37-45(3)4/h44-47H,7-43H2,1-6H3/t47-/m1/s1. The summed E-state index contributed by atoms with van der Waals surface area (Å²) in [4.78, 5) is 37.8. The van der Waals surface area contributed by atoms with E-state index >= 15 is 0 Å². The molecule has 0 aliphatic carbocycles. The molecule has 0 radical (unpaired) electrons. The minimum atomic E-state index is -0.762. The van der Waals surface area contributed by atoms with Crippen LogP contribution in [-0.4, -0.2) is 37.2 Å². The lowest BCUT2D eigenvalue weighted by atomic mass is 10.0. The molecule has 0 aliphatic heterocycles. The zero-order valence-corrected chi connectivity index (χ0v) is 38.4. The molecule has 0 spiro atoms. The molecule has 56 heavy (non-hydrogen) atoms. The van der Waals surface area contributed by atoms with Gasteiger partial charge in [0.15, 0.2) is 6.10 Å². The van der Waals surface area contributed by atoms with Gasteiger partial charge >= 0.3 is 17.9 Å². The fourth-order valence-electron chi connectivity index (χ4n) is 7.41. The predicted molar refractivity (Wildman–Crippen MR) is 238 cm³/mol. The van der Waals surface area contributed by atoms with Gasteiger partial charge in [0.1, 0.15) is 13.2 Å². The van der Waals surface area contributed by atoms with Gasteiger partial charge in [0.2, 0.25) is 0 Å². The van der Waals surface area contributed by atoms with Crippen LogP contribution in [0.5, 0.6) is 0 Å². The molecule has 0 amide bonds. The topological polar surface area (TPSA) is 78.9 Å². The predicted octanol–water partition coefficient (Wildman–Crippen LogP) is 15.6. The summed E-state index contributed by atoms with van der Waals surface area (Å²) in [6.07, 6.45) is 39.6. The molecule has 0 unspecified atom stereocenters. The van der Waals surface area contributed by atoms with E-state index in [0.29, 0.717) is 19.3 Å². The van der Waals surface area contributed by atoms with Crippen molar-refractivity contribution in [1.82, 2.24) is 0 Å². The Morgan fingerprint density at radius 1 is 0.304 bits per heavy atom. The second-order valence-electron chi connectivity index (χ2n) is 18.5. The van der Waals surface area contributed by atoms with Crippen molar-refractivity contribution in [2.45, 2.75) is 272 Å². The van der Waals surface area contributed by atoms with Crippen molar-refractivity contribution in [2.75, 3.05) is 13.2 Å². The van der Waals surface area contributed by atoms with Gasteiger partial charge in [-0.3, -0.25) is 14.4 Å². The molecule has 0 aromatic heterocycles. The number of hydrogen-bond donors (Lipinski definition) is 0. The van der Waals surface area contributed by atoms with Gasteiger partial charge in [0.05, 0.1) is 0 Å². The molecule has 0 rings (SSSR count). The largest absolute Gasteiger partial charge is 0.462 e. The third-order valence-corrected chi connectivity index (χ3v) is 11.1. The van der Waals surface area contributed by atoms with Crippen molar-refractivity contribution in [3.8, 4) is 0 Å². The highest BCUT2D eigenvalue weighted by Gasteiger charge is 2.19. The molecule has 0 saturated carbocycles. The Balaban J connectivity index is 4.26. The number of carbonyl (C=O) groups excluding carboxylic acids is 3. The Morgan fingerprint density at radius 2 is 0.518 bits per heavy atom. The summed E-state index contributed by atoms with van der Waals surface area (Å²) in [5, 5.41) is 0. The van der Waals surface area contributed by atoms with E-state index in [0.717, 1.165) is 75.5 Å². The molecule has 0 aromatic carbocycles. The number of ether oxygens (including phenoxy) is 3. The third-order valence-electron chi connectivity index (χ3n) is 11.1. The molecule has 0 saturated heterocycles. The van der Waals surface area contributed by atoms with Crippen LogP contribution < -0.4 is 0 Å². The second kappa shape index (κ2) is 41.6. The lowest BCUT2D eigenvalue weighted by molar-refractivity contribution is -0.167. The van der Waals surface area contributed by atoms with Gasteiger partial charge in [-0.1, -0.05) is 228 Å². The normalized spacial score (nSPS) is 12.2. The molecule has 0 N–H and O–H groups in total. The SMILES string of the molecule is CC(C)CCCCCCCCCCCCCCCCC(=O)OC[C@H](COC(=O)CCCCCCCCCCC(C)C)OC(=O)CCCCCCCCCC(C)C. The van der Waals surface area contributed by atoms with Crippen LogP contribution in [0.4, 0.5) is 0 Å². The fourth-order valence-corrected chi connectivity index (χ4v) is 7.41. The maximum absolute atomic E-state index is 12.7. The van der Waals surface area contributed by atoms with Crippen molar-refractivity contribution in [1.29, 1.82) is 0 Å². The second-order valence-corrected chi connectivity index (χ2v) is 18.5. The summed E-state index contributed by atoms with van der Waals surface area (Å²) in [5.74, 6) is 1.56. The fraction of sp³-hybridized carbons (Fsp3) is 0.940. The van der Waals surface area contributed by atoms with Crippen molar-refractivity contribution in [3.63, 3.8) is 0 Å². The van der Waals surface area contributed by atoms with Crippen molar-refractivity contribution in [3.05, 3.63) is 0 Å². The first-order valence-electron chi connectivity index (χ1n) is 24.6. The number of hydrogen-bond acceptors (Lipinski definition) is 6. The molecule has 1 atom stereocenters. The van der Waals surface area contributed by atoms with E-state index in [1.807, 2.05) is 0 Å². The number of unbranched alkanes of at least 4 members (excludes halogenated alkanes) is 26. The van der Waals surface area contributed by atoms with Crippen molar-refractivity contribution in [2.24, 2.45) is 17.8 Å². The smallest absolute Gasteiger partial charge is 0.306 e. The van der Waals surface area contributed by atoms with Gasteiger partial charge < -0.3 is 14.2 Å². The van der Waals surface area contributed by atoms with Crippen LogP contribution >= 0.6 is 0 Å². The third kappa shape index (κ3) is 43.5. The summed E-state index contributed by atoms with van der Waals surface area (Å²) in [5.41, 5.74) is 0. The van der Waals surface area contributed by atoms with Crippen molar-refractivity contribution >= 4 is 17.9 Å². The minimum absolute atomic E-state index is 0.0659. The summed E-state index contributed by atoms with van der Waals surface area (Å²) in [7, 11) is 0. The monoisotopic (exact) mass is 793 g/mol. The van der Waals surface area contributed by atoms with Gasteiger partial charge in [-0.25, -0.2) is 0 Å². The Hall–Kier alpha value is -1.59. The van der Waals surface area contributed by atoms with Crippen LogP contribution in [0.15, 0.2) is 0 Å². The first kappa shape index (κ1) is 54.4. The highest BCUT2D eigenvalue weighted by molar-refractivity contribution is 5.71. The molecule has 6 heteroatoms. The molecule has 332 valence electrons. The van der Waals surface area contributed by atoms with Crippen LogP contribution in [0.1, 0.15) is 266 Å². The minimum Gasteiger partial charge on any atom is -0.462 e. The zero-order chi connectivity index (χ0) is 41.3. The highest BCUT2D eigenvalue weighted by atomic mass is 16.6.